The molecule has 27 heavy (non-hydrogen) atoms. The number of para-hydroxylation sites is 1. The molecular weight excluding hydrogens is 346 g/mol. The second-order valence-corrected chi connectivity index (χ2v) is 7.10. The van der Waals surface area contributed by atoms with Gasteiger partial charge in [0.1, 0.15) is 31.0 Å². The summed E-state index contributed by atoms with van der Waals surface area (Å²) < 4.78 is 10.9. The van der Waals surface area contributed by atoms with E-state index in [1.807, 2.05) is 24.3 Å². The van der Waals surface area contributed by atoms with Crippen molar-refractivity contribution in [1.82, 2.24) is 4.98 Å². The Balaban J connectivity index is 1.70. The van der Waals surface area contributed by atoms with Gasteiger partial charge >= 0.3 is 5.97 Å². The van der Waals surface area contributed by atoms with Gasteiger partial charge in [0, 0.05) is 10.9 Å². The second-order valence-electron chi connectivity index (χ2n) is 7.10. The van der Waals surface area contributed by atoms with Crippen molar-refractivity contribution in [2.75, 3.05) is 31.6 Å². The lowest BCUT2D eigenvalue weighted by atomic mass is 10.2. The molecule has 0 bridgehead atoms. The number of H-pyrrole nitrogens is 1. The summed E-state index contributed by atoms with van der Waals surface area (Å²) in [7, 11) is 0. The fourth-order valence-corrected chi connectivity index (χ4v) is 3.71. The average Bonchev–Trinajstić information content (AvgIpc) is 2.98. The van der Waals surface area contributed by atoms with Crippen molar-refractivity contribution < 1.29 is 24.0 Å². The van der Waals surface area contributed by atoms with Crippen molar-refractivity contribution in [2.45, 2.75) is 39.4 Å². The van der Waals surface area contributed by atoms with Crippen LogP contribution in [0.3, 0.4) is 0 Å². The summed E-state index contributed by atoms with van der Waals surface area (Å²) in [4.78, 5) is 29.3. The lowest BCUT2D eigenvalue weighted by Crippen LogP contribution is -3.15. The highest BCUT2D eigenvalue weighted by Gasteiger charge is 2.26. The first-order valence-corrected chi connectivity index (χ1v) is 9.54. The number of ether oxygens (including phenoxy) is 2. The number of hydrogen-bond donors (Lipinski definition) is 3. The zero-order valence-corrected chi connectivity index (χ0v) is 16.1. The molecule has 0 unspecified atom stereocenters. The monoisotopic (exact) mass is 374 g/mol. The summed E-state index contributed by atoms with van der Waals surface area (Å²) in [6, 6.07) is 7.50. The van der Waals surface area contributed by atoms with Gasteiger partial charge in [0.05, 0.1) is 25.3 Å². The maximum absolute atomic E-state index is 12.6. The van der Waals surface area contributed by atoms with Crippen molar-refractivity contribution in [3.05, 3.63) is 30.0 Å². The Labute approximate surface area is 159 Å². The minimum Gasteiger partial charge on any atom is -0.461 e. The molecule has 7 nitrogen and oxygen atoms in total. The third kappa shape index (κ3) is 4.67. The Kier molecular flexibility index (Phi) is 6.13. The van der Waals surface area contributed by atoms with Crippen LogP contribution in [0.1, 0.15) is 37.7 Å². The number of aromatic amines is 1. The van der Waals surface area contributed by atoms with Crippen molar-refractivity contribution in [3.63, 3.8) is 0 Å². The molecule has 0 radical (unpaired) electrons. The van der Waals surface area contributed by atoms with Crippen LogP contribution in [0.25, 0.3) is 10.9 Å². The van der Waals surface area contributed by atoms with Gasteiger partial charge in [0.15, 0.2) is 0 Å². The van der Waals surface area contributed by atoms with E-state index in [2.05, 4.69) is 24.1 Å². The number of benzene rings is 1. The number of amides is 1. The predicted octanol–water partition coefficient (Wildman–Crippen LogP) is 1.37. The van der Waals surface area contributed by atoms with Gasteiger partial charge < -0.3 is 24.7 Å². The van der Waals surface area contributed by atoms with E-state index >= 15 is 0 Å². The number of esters is 1. The van der Waals surface area contributed by atoms with Crippen LogP contribution in [0.4, 0.5) is 5.69 Å². The van der Waals surface area contributed by atoms with Gasteiger partial charge in [-0.2, -0.15) is 0 Å². The normalized spacial score (nSPS) is 22.6. The van der Waals surface area contributed by atoms with E-state index in [9.17, 15) is 9.59 Å². The maximum Gasteiger partial charge on any atom is 0.356 e. The van der Waals surface area contributed by atoms with Gasteiger partial charge in [0.25, 0.3) is 0 Å². The average molecular weight is 374 g/mol. The number of carbonyl (C=O) groups is 2. The molecular formula is C20H28N3O4+. The number of anilines is 1. The number of fused-ring (bicyclic) bond motifs is 1. The van der Waals surface area contributed by atoms with Crippen LogP contribution in [0.5, 0.6) is 0 Å². The Bertz CT molecular complexity index is 807. The van der Waals surface area contributed by atoms with E-state index < -0.39 is 5.97 Å². The molecule has 3 N–H and O–H groups in total. The van der Waals surface area contributed by atoms with E-state index in [0.29, 0.717) is 12.1 Å². The van der Waals surface area contributed by atoms with Crippen molar-refractivity contribution in [2.24, 2.45) is 0 Å². The molecule has 0 aliphatic carbocycles. The quantitative estimate of drug-likeness (QED) is 0.667. The van der Waals surface area contributed by atoms with Crippen LogP contribution < -0.4 is 10.2 Å². The standard InChI is InChI=1S/C20H27N3O4/c1-4-26-20(25)19-18(15-7-5-6-8-16(15)21-19)22-17(24)9-10-23-11-13(2)27-14(3)12-23/h5-8,13-14,21H,4,9-12H2,1-3H3,(H,22,24)/p+1/t13-,14-/m0/s1. The predicted molar refractivity (Wildman–Crippen MR) is 103 cm³/mol. The van der Waals surface area contributed by atoms with Crippen LogP contribution in [-0.2, 0) is 14.3 Å². The van der Waals surface area contributed by atoms with E-state index in [-0.39, 0.29) is 30.4 Å². The van der Waals surface area contributed by atoms with Crippen molar-refractivity contribution in [1.29, 1.82) is 0 Å². The van der Waals surface area contributed by atoms with Crippen LogP contribution in [0.2, 0.25) is 0 Å². The third-order valence-corrected chi connectivity index (χ3v) is 4.77. The molecule has 3 rings (SSSR count). The lowest BCUT2D eigenvalue weighted by molar-refractivity contribution is -0.914. The van der Waals surface area contributed by atoms with E-state index in [1.54, 1.807) is 6.92 Å². The molecule has 0 saturated carbocycles. The van der Waals surface area contributed by atoms with E-state index in [4.69, 9.17) is 9.47 Å². The molecule has 146 valence electrons. The molecule has 1 aromatic carbocycles. The van der Waals surface area contributed by atoms with Gasteiger partial charge in [-0.25, -0.2) is 4.79 Å². The largest absolute Gasteiger partial charge is 0.461 e. The highest BCUT2D eigenvalue weighted by Crippen LogP contribution is 2.28. The van der Waals surface area contributed by atoms with Crippen molar-refractivity contribution >= 4 is 28.5 Å². The summed E-state index contributed by atoms with van der Waals surface area (Å²) in [5.41, 5.74) is 1.57. The highest BCUT2D eigenvalue weighted by atomic mass is 16.5. The van der Waals surface area contributed by atoms with Gasteiger partial charge in [-0.3, -0.25) is 4.79 Å². The van der Waals surface area contributed by atoms with Crippen LogP contribution in [0, 0.1) is 0 Å². The lowest BCUT2D eigenvalue weighted by Gasteiger charge is -2.32. The van der Waals surface area contributed by atoms with Gasteiger partial charge in [-0.1, -0.05) is 18.2 Å². The minimum absolute atomic E-state index is 0.107. The first-order valence-electron chi connectivity index (χ1n) is 9.54. The van der Waals surface area contributed by atoms with E-state index in [0.717, 1.165) is 30.5 Å². The number of morpholine rings is 1. The summed E-state index contributed by atoms with van der Waals surface area (Å²) in [6.45, 7) is 8.70. The molecule has 1 aromatic heterocycles. The molecule has 1 aliphatic heterocycles. The molecule has 2 aromatic rings. The molecule has 2 heterocycles. The SMILES string of the molecule is CCOC(=O)c1[nH]c2ccccc2c1NC(=O)CC[NH+]1C[C@H](C)O[C@@H](C)C1. The minimum atomic E-state index is -0.467. The molecule has 1 saturated heterocycles. The molecule has 1 amide bonds. The fourth-order valence-electron chi connectivity index (χ4n) is 3.71. The Morgan fingerprint density at radius 3 is 2.67 bits per heavy atom. The van der Waals surface area contributed by atoms with Crippen LogP contribution in [0.15, 0.2) is 24.3 Å². The Morgan fingerprint density at radius 1 is 1.26 bits per heavy atom. The zero-order chi connectivity index (χ0) is 19.4. The van der Waals surface area contributed by atoms with Crippen LogP contribution in [-0.4, -0.2) is 55.3 Å². The summed E-state index contributed by atoms with van der Waals surface area (Å²) >= 11 is 0. The van der Waals surface area contributed by atoms with Gasteiger partial charge in [0.2, 0.25) is 5.91 Å². The molecule has 0 spiro atoms. The number of nitrogens with one attached hydrogen (secondary N) is 3. The second kappa shape index (κ2) is 8.54. The number of hydrogen-bond acceptors (Lipinski definition) is 4. The summed E-state index contributed by atoms with van der Waals surface area (Å²) in [5.74, 6) is -0.574. The molecule has 1 aliphatic rings. The van der Waals surface area contributed by atoms with Crippen molar-refractivity contribution in [3.8, 4) is 0 Å². The molecule has 2 atom stereocenters. The number of carbonyl (C=O) groups excluding carboxylic acids is 2. The number of quaternary nitrogens is 1. The number of aromatic nitrogens is 1. The number of rotatable bonds is 6. The first kappa shape index (κ1) is 19.4. The maximum atomic E-state index is 12.6. The fraction of sp³-hybridized carbons (Fsp3) is 0.500. The topological polar surface area (TPSA) is 84.9 Å². The van der Waals surface area contributed by atoms with Gasteiger partial charge in [-0.05, 0) is 26.8 Å². The Hall–Kier alpha value is -2.38. The summed E-state index contributed by atoms with van der Waals surface area (Å²) in [6.07, 6.45) is 0.794. The first-order chi connectivity index (χ1) is 13.0. The smallest absolute Gasteiger partial charge is 0.356 e. The molecule has 1 fully saturated rings. The molecule has 7 heteroatoms. The zero-order valence-electron chi connectivity index (χ0n) is 16.1. The third-order valence-electron chi connectivity index (χ3n) is 4.77. The van der Waals surface area contributed by atoms with E-state index in [1.165, 1.54) is 4.90 Å². The Morgan fingerprint density at radius 2 is 1.96 bits per heavy atom. The van der Waals surface area contributed by atoms with Crippen LogP contribution >= 0.6 is 0 Å². The van der Waals surface area contributed by atoms with Gasteiger partial charge in [-0.15, -0.1) is 0 Å². The highest BCUT2D eigenvalue weighted by molar-refractivity contribution is 6.10. The summed E-state index contributed by atoms with van der Waals surface area (Å²) in [5, 5.41) is 3.72.